The number of hydrogen-bond acceptors (Lipinski definition) is 1. The van der Waals surface area contributed by atoms with E-state index in [0.29, 0.717) is 0 Å². The summed E-state index contributed by atoms with van der Waals surface area (Å²) in [4.78, 5) is 0. The van der Waals surface area contributed by atoms with Crippen molar-refractivity contribution >= 4 is 18.4 Å². The summed E-state index contributed by atoms with van der Waals surface area (Å²) in [7, 11) is -0.775. The van der Waals surface area contributed by atoms with E-state index in [9.17, 15) is 0 Å². The van der Waals surface area contributed by atoms with Gasteiger partial charge in [-0.3, -0.25) is 0 Å². The molecule has 0 spiro atoms. The van der Waals surface area contributed by atoms with Gasteiger partial charge < -0.3 is 0 Å². The minimum absolute atomic E-state index is 0.775. The molecule has 0 radical (unpaired) electrons. The van der Waals surface area contributed by atoms with E-state index >= 15 is 0 Å². The van der Waals surface area contributed by atoms with Crippen molar-refractivity contribution in [2.75, 3.05) is 6.26 Å². The normalized spacial score (nSPS) is 12.0. The molecule has 0 aromatic heterocycles. The molecule has 0 fully saturated rings. The van der Waals surface area contributed by atoms with E-state index < -0.39 is 7.22 Å². The Morgan fingerprint density at radius 1 is 1.00 bits per heavy atom. The predicted octanol–water partition coefficient (Wildman–Crippen LogP) is 3.35. The van der Waals surface area contributed by atoms with Gasteiger partial charge in [0, 0.05) is 0 Å². The van der Waals surface area contributed by atoms with Gasteiger partial charge in [0.05, 0.1) is 0 Å². The molecule has 0 saturated heterocycles. The molecule has 0 bridgehead atoms. The van der Waals surface area contributed by atoms with Crippen molar-refractivity contribution in [1.29, 1.82) is 0 Å². The topological polar surface area (TPSA) is 0 Å². The zero-order valence-electron chi connectivity index (χ0n) is 7.03. The standard InChI is InChI=1S/C7H18SSi/c1-5-9(6-2,7-3)8-4/h5-7H2,1-4H3. The van der Waals surface area contributed by atoms with Crippen molar-refractivity contribution in [2.45, 2.75) is 38.9 Å². The third-order valence-electron chi connectivity index (χ3n) is 2.37. The van der Waals surface area contributed by atoms with Crippen molar-refractivity contribution in [3.8, 4) is 0 Å². The first-order valence-electron chi connectivity index (χ1n) is 3.79. The van der Waals surface area contributed by atoms with Crippen LogP contribution in [0, 0.1) is 0 Å². The number of rotatable bonds is 4. The minimum atomic E-state index is -0.775. The lowest BCUT2D eigenvalue weighted by molar-refractivity contribution is 1.22. The molecule has 0 aromatic rings. The quantitative estimate of drug-likeness (QED) is 0.571. The smallest absolute Gasteiger partial charge is 0.116 e. The lowest BCUT2D eigenvalue weighted by Crippen LogP contribution is -2.25. The maximum atomic E-state index is 2.34. The summed E-state index contributed by atoms with van der Waals surface area (Å²) >= 11 is 2.16. The Labute approximate surface area is 64.1 Å². The molecule has 0 nitrogen and oxygen atoms in total. The molecule has 0 amide bonds. The molecule has 0 aromatic carbocycles. The molecule has 0 heterocycles. The Kier molecular flexibility index (Phi) is 4.67. The minimum Gasteiger partial charge on any atom is -0.188 e. The molecular formula is C7H18SSi. The summed E-state index contributed by atoms with van der Waals surface area (Å²) in [5.74, 6) is 0. The summed E-state index contributed by atoms with van der Waals surface area (Å²) in [5, 5.41) is 0. The molecule has 9 heavy (non-hydrogen) atoms. The van der Waals surface area contributed by atoms with Crippen LogP contribution >= 0.6 is 11.2 Å². The van der Waals surface area contributed by atoms with Gasteiger partial charge >= 0.3 is 0 Å². The lowest BCUT2D eigenvalue weighted by atomic mass is 10.9. The van der Waals surface area contributed by atoms with Gasteiger partial charge in [-0.25, -0.2) is 0 Å². The van der Waals surface area contributed by atoms with Gasteiger partial charge in [0.15, 0.2) is 0 Å². The molecule has 0 aliphatic heterocycles. The summed E-state index contributed by atoms with van der Waals surface area (Å²) < 4.78 is 0. The summed E-state index contributed by atoms with van der Waals surface area (Å²) in [6.45, 7) is 7.03. The summed E-state index contributed by atoms with van der Waals surface area (Å²) in [6, 6.07) is 4.34. The van der Waals surface area contributed by atoms with Crippen LogP contribution in [0.25, 0.3) is 0 Å². The van der Waals surface area contributed by atoms with Gasteiger partial charge in [-0.15, -0.1) is 0 Å². The van der Waals surface area contributed by atoms with Gasteiger partial charge in [-0.2, -0.15) is 11.2 Å². The Bertz CT molecular complexity index is 51.8. The molecular weight excluding hydrogens is 144 g/mol. The first kappa shape index (κ1) is 9.57. The van der Waals surface area contributed by atoms with Crippen LogP contribution in [0.1, 0.15) is 20.8 Å². The van der Waals surface area contributed by atoms with Crippen LogP contribution < -0.4 is 0 Å². The van der Waals surface area contributed by atoms with Crippen LogP contribution in [0.15, 0.2) is 0 Å². The van der Waals surface area contributed by atoms with Gasteiger partial charge in [0.1, 0.15) is 7.22 Å². The zero-order valence-corrected chi connectivity index (χ0v) is 8.85. The highest BCUT2D eigenvalue weighted by Gasteiger charge is 2.24. The van der Waals surface area contributed by atoms with Crippen LogP contribution in [0.4, 0.5) is 0 Å². The fraction of sp³-hybridized carbons (Fsp3) is 1.00. The molecule has 0 N–H and O–H groups in total. The van der Waals surface area contributed by atoms with E-state index in [1.165, 1.54) is 18.1 Å². The summed E-state index contributed by atoms with van der Waals surface area (Å²) in [6.07, 6.45) is 2.28. The van der Waals surface area contributed by atoms with Crippen molar-refractivity contribution < 1.29 is 0 Å². The van der Waals surface area contributed by atoms with Crippen molar-refractivity contribution in [1.82, 2.24) is 0 Å². The Hall–Kier alpha value is 0.567. The van der Waals surface area contributed by atoms with Crippen LogP contribution in [-0.4, -0.2) is 13.5 Å². The van der Waals surface area contributed by atoms with E-state index in [-0.39, 0.29) is 0 Å². The van der Waals surface area contributed by atoms with Crippen molar-refractivity contribution in [3.05, 3.63) is 0 Å². The Morgan fingerprint density at radius 3 is 1.33 bits per heavy atom. The molecule has 0 aliphatic carbocycles. The van der Waals surface area contributed by atoms with Crippen LogP contribution in [0.5, 0.6) is 0 Å². The van der Waals surface area contributed by atoms with E-state index in [0.717, 1.165) is 0 Å². The Balaban J connectivity index is 3.82. The van der Waals surface area contributed by atoms with E-state index in [1.807, 2.05) is 0 Å². The second-order valence-electron chi connectivity index (χ2n) is 2.45. The first-order valence-corrected chi connectivity index (χ1v) is 8.37. The van der Waals surface area contributed by atoms with Crippen molar-refractivity contribution in [2.24, 2.45) is 0 Å². The van der Waals surface area contributed by atoms with E-state index in [2.05, 4.69) is 38.2 Å². The van der Waals surface area contributed by atoms with Gasteiger partial charge in [0.25, 0.3) is 0 Å². The predicted molar refractivity (Wildman–Crippen MR) is 50.7 cm³/mol. The Morgan fingerprint density at radius 2 is 1.33 bits per heavy atom. The maximum Gasteiger partial charge on any atom is 0.116 e. The largest absolute Gasteiger partial charge is 0.188 e. The van der Waals surface area contributed by atoms with Gasteiger partial charge in [-0.1, -0.05) is 38.9 Å². The maximum absolute atomic E-state index is 2.34. The zero-order chi connectivity index (χ0) is 7.33. The van der Waals surface area contributed by atoms with E-state index in [4.69, 9.17) is 0 Å². The van der Waals surface area contributed by atoms with Crippen LogP contribution in [-0.2, 0) is 0 Å². The molecule has 56 valence electrons. The SMILES string of the molecule is CC[Si](CC)(CC)SC. The lowest BCUT2D eigenvalue weighted by Gasteiger charge is -2.24. The molecule has 0 rings (SSSR count). The molecule has 0 unspecified atom stereocenters. The number of hydrogen-bond donors (Lipinski definition) is 0. The second kappa shape index (κ2) is 4.39. The van der Waals surface area contributed by atoms with Gasteiger partial charge in [-0.05, 0) is 6.26 Å². The highest BCUT2D eigenvalue weighted by molar-refractivity contribution is 8.28. The highest BCUT2D eigenvalue weighted by Crippen LogP contribution is 2.29. The average molecular weight is 162 g/mol. The monoisotopic (exact) mass is 162 g/mol. The summed E-state index contributed by atoms with van der Waals surface area (Å²) in [5.41, 5.74) is 0. The van der Waals surface area contributed by atoms with Crippen LogP contribution in [0.3, 0.4) is 0 Å². The fourth-order valence-electron chi connectivity index (χ4n) is 1.18. The van der Waals surface area contributed by atoms with Crippen molar-refractivity contribution in [3.63, 3.8) is 0 Å². The molecule has 0 aliphatic rings. The first-order chi connectivity index (χ1) is 4.24. The molecule has 0 atom stereocenters. The third kappa shape index (κ3) is 2.34. The second-order valence-corrected chi connectivity index (χ2v) is 11.2. The van der Waals surface area contributed by atoms with Gasteiger partial charge in [0.2, 0.25) is 0 Å². The van der Waals surface area contributed by atoms with Crippen LogP contribution in [0.2, 0.25) is 18.1 Å². The molecule has 2 heteroatoms. The highest BCUT2D eigenvalue weighted by atomic mass is 32.4. The van der Waals surface area contributed by atoms with E-state index in [1.54, 1.807) is 0 Å². The third-order valence-corrected chi connectivity index (χ3v) is 12.3. The fourth-order valence-corrected chi connectivity index (χ4v) is 6.15. The molecule has 0 saturated carbocycles. The average Bonchev–Trinajstić information content (AvgIpc) is 1.95.